The highest BCUT2D eigenvalue weighted by Crippen LogP contribution is 2.24. The highest BCUT2D eigenvalue weighted by Gasteiger charge is 2.11. The molecule has 1 atom stereocenters. The van der Waals surface area contributed by atoms with Crippen molar-refractivity contribution in [2.45, 2.75) is 155 Å². The Morgan fingerprint density at radius 2 is 0.979 bits per heavy atom. The van der Waals surface area contributed by atoms with E-state index in [1.165, 1.54) is 115 Å². The summed E-state index contributed by atoms with van der Waals surface area (Å²) in [4.78, 5) is 12.7. The largest absolute Gasteiger partial charge is 0.423 e. The van der Waals surface area contributed by atoms with Crippen molar-refractivity contribution in [1.29, 1.82) is 0 Å². The third kappa shape index (κ3) is 16.2. The van der Waals surface area contributed by atoms with Gasteiger partial charge in [0.05, 0.1) is 11.7 Å². The minimum atomic E-state index is -0.346. The molecule has 0 saturated carbocycles. The van der Waals surface area contributed by atoms with Crippen LogP contribution in [-0.4, -0.2) is 12.6 Å². The summed E-state index contributed by atoms with van der Waals surface area (Å²) in [6.07, 6.45) is 27.2. The smallest absolute Gasteiger partial charge is 0.343 e. The second-order valence-corrected chi connectivity index (χ2v) is 13.5. The number of esters is 1. The van der Waals surface area contributed by atoms with E-state index in [1.807, 2.05) is 48.5 Å². The van der Waals surface area contributed by atoms with Crippen molar-refractivity contribution >= 4 is 5.97 Å². The number of ether oxygens (including phenoxy) is 2. The molecule has 3 aromatic carbocycles. The van der Waals surface area contributed by atoms with Crippen LogP contribution in [0.4, 0.5) is 0 Å². The molecule has 0 spiro atoms. The molecule has 0 radical (unpaired) electrons. The molecule has 0 aliphatic rings. The lowest BCUT2D eigenvalue weighted by molar-refractivity contribution is 0.0627. The van der Waals surface area contributed by atoms with Gasteiger partial charge >= 0.3 is 5.97 Å². The Kier molecular flexibility index (Phi) is 19.9. The van der Waals surface area contributed by atoms with Crippen LogP contribution in [0.5, 0.6) is 5.75 Å². The minimum Gasteiger partial charge on any atom is -0.423 e. The Morgan fingerprint density at radius 1 is 0.532 bits per heavy atom. The van der Waals surface area contributed by atoms with E-state index in [9.17, 15) is 4.79 Å². The summed E-state index contributed by atoms with van der Waals surface area (Å²) < 4.78 is 11.8. The molecule has 0 bridgehead atoms. The molecule has 3 rings (SSSR count). The van der Waals surface area contributed by atoms with Crippen LogP contribution in [0.1, 0.15) is 170 Å². The molecule has 3 aromatic rings. The van der Waals surface area contributed by atoms with Gasteiger partial charge in [-0.2, -0.15) is 0 Å². The Labute approximate surface area is 287 Å². The fourth-order valence-corrected chi connectivity index (χ4v) is 6.28. The number of aryl methyl sites for hydroxylation is 1. The summed E-state index contributed by atoms with van der Waals surface area (Å²) in [5.41, 5.74) is 5.23. The van der Waals surface area contributed by atoms with E-state index in [0.717, 1.165) is 42.6 Å². The summed E-state index contributed by atoms with van der Waals surface area (Å²) in [6, 6.07) is 24.0. The highest BCUT2D eigenvalue weighted by molar-refractivity contribution is 5.91. The number of benzene rings is 3. The van der Waals surface area contributed by atoms with Crippen LogP contribution in [0.2, 0.25) is 0 Å². The number of carbonyl (C=O) groups excluding carboxylic acids is 1. The first-order valence-corrected chi connectivity index (χ1v) is 19.2. The van der Waals surface area contributed by atoms with Crippen LogP contribution in [0.25, 0.3) is 11.1 Å². The Morgan fingerprint density at radius 3 is 1.45 bits per heavy atom. The molecule has 1 unspecified atom stereocenters. The zero-order chi connectivity index (χ0) is 33.4. The molecule has 0 fully saturated rings. The zero-order valence-electron chi connectivity index (χ0n) is 30.1. The van der Waals surface area contributed by atoms with Gasteiger partial charge in [-0.25, -0.2) is 4.79 Å². The summed E-state index contributed by atoms with van der Waals surface area (Å²) in [6.45, 7) is 7.36. The van der Waals surface area contributed by atoms with E-state index in [-0.39, 0.29) is 12.1 Å². The van der Waals surface area contributed by atoms with E-state index in [1.54, 1.807) is 0 Å². The van der Waals surface area contributed by atoms with Crippen LogP contribution < -0.4 is 4.74 Å². The molecule has 0 heterocycles. The lowest BCUT2D eigenvalue weighted by Crippen LogP contribution is -2.08. The highest BCUT2D eigenvalue weighted by atomic mass is 16.5. The molecule has 0 aromatic heterocycles. The van der Waals surface area contributed by atoms with Crippen LogP contribution in [-0.2, 0) is 11.2 Å². The first-order valence-electron chi connectivity index (χ1n) is 19.2. The third-order valence-electron chi connectivity index (χ3n) is 9.37. The van der Waals surface area contributed by atoms with Gasteiger partial charge in [0, 0.05) is 6.61 Å². The number of hydrogen-bond donors (Lipinski definition) is 0. The van der Waals surface area contributed by atoms with E-state index in [0.29, 0.717) is 11.3 Å². The van der Waals surface area contributed by atoms with Crippen LogP contribution >= 0.6 is 0 Å². The Bertz CT molecular complexity index is 1200. The number of carbonyl (C=O) groups is 1. The number of unbranched alkanes of at least 4 members (excludes halogenated alkanes) is 17. The molecule has 0 N–H and O–H groups in total. The number of rotatable bonds is 26. The molecule has 0 aliphatic carbocycles. The Balaban J connectivity index is 1.19. The molecular formula is C44H64O3. The van der Waals surface area contributed by atoms with Crippen molar-refractivity contribution in [3.8, 4) is 16.9 Å². The number of hydrogen-bond acceptors (Lipinski definition) is 3. The third-order valence-corrected chi connectivity index (χ3v) is 9.37. The molecule has 3 heteroatoms. The van der Waals surface area contributed by atoms with Gasteiger partial charge in [-0.05, 0) is 66.3 Å². The molecule has 47 heavy (non-hydrogen) atoms. The SMILES string of the molecule is CCCCCCCCCCCCCCCCCCCCOC(C)c1ccc(OC(=O)c2ccc(-c3ccc(CCC)cc3)cc2)cc1. The van der Waals surface area contributed by atoms with Gasteiger partial charge in [0.25, 0.3) is 0 Å². The van der Waals surface area contributed by atoms with E-state index in [2.05, 4.69) is 45.0 Å². The lowest BCUT2D eigenvalue weighted by atomic mass is 10.0. The lowest BCUT2D eigenvalue weighted by Gasteiger charge is -2.14. The summed E-state index contributed by atoms with van der Waals surface area (Å²) in [5.74, 6) is 0.200. The fourth-order valence-electron chi connectivity index (χ4n) is 6.28. The topological polar surface area (TPSA) is 35.5 Å². The first kappa shape index (κ1) is 38.5. The standard InChI is InChI=1S/C44H64O3/c1-4-6-7-8-9-10-11-12-13-14-15-16-17-18-19-20-21-22-36-46-37(3)39-32-34-43(35-33-39)47-44(45)42-30-28-41(29-31-42)40-26-24-38(23-5-2)25-27-40/h24-35,37H,4-23,36H2,1-3H3. The van der Waals surface area contributed by atoms with Crippen molar-refractivity contribution < 1.29 is 14.3 Å². The van der Waals surface area contributed by atoms with Crippen LogP contribution in [0.15, 0.2) is 72.8 Å². The van der Waals surface area contributed by atoms with Crippen molar-refractivity contribution in [2.75, 3.05) is 6.61 Å². The van der Waals surface area contributed by atoms with E-state index < -0.39 is 0 Å². The zero-order valence-corrected chi connectivity index (χ0v) is 30.1. The molecular weight excluding hydrogens is 576 g/mol. The van der Waals surface area contributed by atoms with Gasteiger partial charge in [-0.15, -0.1) is 0 Å². The summed E-state index contributed by atoms with van der Waals surface area (Å²) in [5, 5.41) is 0. The normalized spacial score (nSPS) is 11.9. The van der Waals surface area contributed by atoms with E-state index in [4.69, 9.17) is 9.47 Å². The van der Waals surface area contributed by atoms with Gasteiger partial charge in [0.2, 0.25) is 0 Å². The van der Waals surface area contributed by atoms with E-state index >= 15 is 0 Å². The van der Waals surface area contributed by atoms with Gasteiger partial charge in [-0.3, -0.25) is 0 Å². The average Bonchev–Trinajstić information content (AvgIpc) is 3.10. The Hall–Kier alpha value is -2.91. The summed E-state index contributed by atoms with van der Waals surface area (Å²) >= 11 is 0. The second-order valence-electron chi connectivity index (χ2n) is 13.5. The predicted octanol–water partition coefficient (Wildman–Crippen LogP) is 13.6. The van der Waals surface area contributed by atoms with Crippen molar-refractivity contribution in [3.05, 3.63) is 89.5 Å². The molecule has 0 saturated heterocycles. The maximum atomic E-state index is 12.7. The fraction of sp³-hybridized carbons (Fsp3) is 0.568. The van der Waals surface area contributed by atoms with Crippen molar-refractivity contribution in [3.63, 3.8) is 0 Å². The van der Waals surface area contributed by atoms with Gasteiger partial charge in [0.15, 0.2) is 0 Å². The van der Waals surface area contributed by atoms with Gasteiger partial charge in [-0.1, -0.05) is 178 Å². The maximum Gasteiger partial charge on any atom is 0.343 e. The van der Waals surface area contributed by atoms with Crippen molar-refractivity contribution in [2.24, 2.45) is 0 Å². The second kappa shape index (κ2) is 24.3. The molecule has 0 amide bonds. The average molecular weight is 641 g/mol. The molecule has 0 aliphatic heterocycles. The van der Waals surface area contributed by atoms with Crippen LogP contribution in [0.3, 0.4) is 0 Å². The quantitative estimate of drug-likeness (QED) is 0.0497. The molecule has 258 valence electrons. The minimum absolute atomic E-state index is 0.0223. The van der Waals surface area contributed by atoms with Crippen molar-refractivity contribution in [1.82, 2.24) is 0 Å². The maximum absolute atomic E-state index is 12.7. The van der Waals surface area contributed by atoms with Gasteiger partial charge < -0.3 is 9.47 Å². The monoisotopic (exact) mass is 640 g/mol. The van der Waals surface area contributed by atoms with Gasteiger partial charge in [0.1, 0.15) is 5.75 Å². The van der Waals surface area contributed by atoms with Crippen LogP contribution in [0, 0.1) is 0 Å². The predicted molar refractivity (Wildman–Crippen MR) is 200 cm³/mol. The first-order chi connectivity index (χ1) is 23.1. The molecule has 3 nitrogen and oxygen atoms in total. The summed E-state index contributed by atoms with van der Waals surface area (Å²) in [7, 11) is 0.